The summed E-state index contributed by atoms with van der Waals surface area (Å²) in [5.74, 6) is -0.116. The highest BCUT2D eigenvalue weighted by atomic mass is 19.1. The van der Waals surface area contributed by atoms with Crippen LogP contribution in [-0.4, -0.2) is 44.7 Å². The number of nitrogens with two attached hydrogens (primary N) is 1. The molecule has 0 spiro atoms. The monoisotopic (exact) mass is 265 g/mol. The van der Waals surface area contributed by atoms with Gasteiger partial charge in [0, 0.05) is 19.1 Å². The fourth-order valence-corrected chi connectivity index (χ4v) is 2.75. The average molecular weight is 265 g/mol. The van der Waals surface area contributed by atoms with Gasteiger partial charge in [-0.1, -0.05) is 6.07 Å². The lowest BCUT2D eigenvalue weighted by Crippen LogP contribution is -2.42. The first kappa shape index (κ1) is 14.3. The van der Waals surface area contributed by atoms with E-state index in [1.165, 1.54) is 0 Å². The average Bonchev–Trinajstić information content (AvgIpc) is 2.39. The molecule has 2 rings (SSSR count). The second-order valence-corrected chi connectivity index (χ2v) is 5.51. The van der Waals surface area contributed by atoms with Crippen molar-refractivity contribution < 1.29 is 4.39 Å². The van der Waals surface area contributed by atoms with E-state index in [4.69, 9.17) is 5.73 Å². The van der Waals surface area contributed by atoms with Gasteiger partial charge in [-0.3, -0.25) is 0 Å². The van der Waals surface area contributed by atoms with Crippen molar-refractivity contribution in [1.82, 2.24) is 4.90 Å². The minimum atomic E-state index is -0.116. The SMILES string of the molecule is CN(C)C1CCN(c2ccc(CCN)cc2F)CC1. The molecule has 19 heavy (non-hydrogen) atoms. The fraction of sp³-hybridized carbons (Fsp3) is 0.600. The van der Waals surface area contributed by atoms with Gasteiger partial charge in [-0.15, -0.1) is 0 Å². The molecule has 1 heterocycles. The Bertz CT molecular complexity index is 412. The lowest BCUT2D eigenvalue weighted by molar-refractivity contribution is 0.249. The Kier molecular flexibility index (Phi) is 4.77. The third kappa shape index (κ3) is 3.45. The van der Waals surface area contributed by atoms with E-state index in [9.17, 15) is 4.39 Å². The summed E-state index contributed by atoms with van der Waals surface area (Å²) in [7, 11) is 4.23. The van der Waals surface area contributed by atoms with E-state index in [-0.39, 0.29) is 5.82 Å². The van der Waals surface area contributed by atoms with Crippen molar-refractivity contribution in [3.8, 4) is 0 Å². The summed E-state index contributed by atoms with van der Waals surface area (Å²) < 4.78 is 14.1. The molecule has 0 radical (unpaired) electrons. The number of nitrogens with zero attached hydrogens (tertiary/aromatic N) is 2. The second kappa shape index (κ2) is 6.35. The first-order valence-corrected chi connectivity index (χ1v) is 7.01. The maximum Gasteiger partial charge on any atom is 0.146 e. The molecule has 0 unspecified atom stereocenters. The summed E-state index contributed by atoms with van der Waals surface area (Å²) in [6.07, 6.45) is 2.92. The van der Waals surface area contributed by atoms with Gasteiger partial charge in [0.05, 0.1) is 5.69 Å². The highest BCUT2D eigenvalue weighted by Gasteiger charge is 2.22. The van der Waals surface area contributed by atoms with Crippen LogP contribution in [0.4, 0.5) is 10.1 Å². The molecular weight excluding hydrogens is 241 g/mol. The molecule has 4 heteroatoms. The Balaban J connectivity index is 2.03. The number of halogens is 1. The van der Waals surface area contributed by atoms with Gasteiger partial charge in [0.25, 0.3) is 0 Å². The van der Waals surface area contributed by atoms with E-state index in [0.717, 1.165) is 43.6 Å². The number of hydrogen-bond acceptors (Lipinski definition) is 3. The molecule has 1 aliphatic heterocycles. The maximum atomic E-state index is 14.1. The van der Waals surface area contributed by atoms with Crippen molar-refractivity contribution in [2.75, 3.05) is 38.6 Å². The zero-order valence-electron chi connectivity index (χ0n) is 11.9. The Labute approximate surface area is 115 Å². The molecule has 2 N–H and O–H groups in total. The van der Waals surface area contributed by atoms with Crippen molar-refractivity contribution in [1.29, 1.82) is 0 Å². The topological polar surface area (TPSA) is 32.5 Å². The molecule has 1 aliphatic rings. The van der Waals surface area contributed by atoms with Crippen molar-refractivity contribution in [2.24, 2.45) is 5.73 Å². The van der Waals surface area contributed by atoms with Crippen LogP contribution in [0.3, 0.4) is 0 Å². The van der Waals surface area contributed by atoms with Crippen molar-refractivity contribution >= 4 is 5.69 Å². The molecule has 1 aromatic rings. The predicted octanol–water partition coefficient (Wildman–Crippen LogP) is 1.86. The molecule has 0 aromatic heterocycles. The van der Waals surface area contributed by atoms with Gasteiger partial charge in [-0.05, 0) is 57.6 Å². The van der Waals surface area contributed by atoms with Crippen LogP contribution in [0, 0.1) is 5.82 Å². The van der Waals surface area contributed by atoms with Crippen LogP contribution < -0.4 is 10.6 Å². The molecule has 0 bridgehead atoms. The number of rotatable bonds is 4. The van der Waals surface area contributed by atoms with Gasteiger partial charge >= 0.3 is 0 Å². The largest absolute Gasteiger partial charge is 0.369 e. The smallest absolute Gasteiger partial charge is 0.146 e. The summed E-state index contributed by atoms with van der Waals surface area (Å²) >= 11 is 0. The van der Waals surface area contributed by atoms with Crippen LogP contribution in [-0.2, 0) is 6.42 Å². The minimum Gasteiger partial charge on any atom is -0.369 e. The number of anilines is 1. The fourth-order valence-electron chi connectivity index (χ4n) is 2.75. The normalized spacial score (nSPS) is 17.2. The number of benzene rings is 1. The standard InChI is InChI=1S/C15H24FN3/c1-18(2)13-6-9-19(10-7-13)15-4-3-12(5-8-17)11-14(15)16/h3-4,11,13H,5-10,17H2,1-2H3. The van der Waals surface area contributed by atoms with Gasteiger partial charge in [-0.2, -0.15) is 0 Å². The molecular formula is C15H24FN3. The van der Waals surface area contributed by atoms with Gasteiger partial charge in [0.2, 0.25) is 0 Å². The van der Waals surface area contributed by atoms with Crippen LogP contribution in [0.2, 0.25) is 0 Å². The van der Waals surface area contributed by atoms with Crippen LogP contribution >= 0.6 is 0 Å². The van der Waals surface area contributed by atoms with Gasteiger partial charge in [0.15, 0.2) is 0 Å². The quantitative estimate of drug-likeness (QED) is 0.902. The van der Waals surface area contributed by atoms with Crippen LogP contribution in [0.15, 0.2) is 18.2 Å². The molecule has 0 saturated carbocycles. The highest BCUT2D eigenvalue weighted by molar-refractivity contribution is 5.49. The van der Waals surface area contributed by atoms with Gasteiger partial charge in [0.1, 0.15) is 5.82 Å². The highest BCUT2D eigenvalue weighted by Crippen LogP contribution is 2.25. The Morgan fingerprint density at radius 2 is 2.00 bits per heavy atom. The van der Waals surface area contributed by atoms with Crippen LogP contribution in [0.5, 0.6) is 0 Å². The van der Waals surface area contributed by atoms with Crippen molar-refractivity contribution in [3.05, 3.63) is 29.6 Å². The minimum absolute atomic E-state index is 0.116. The predicted molar refractivity (Wildman–Crippen MR) is 78.1 cm³/mol. The van der Waals surface area contributed by atoms with E-state index in [1.54, 1.807) is 6.07 Å². The molecule has 3 nitrogen and oxygen atoms in total. The zero-order valence-corrected chi connectivity index (χ0v) is 11.9. The lowest BCUT2D eigenvalue weighted by atomic mass is 10.0. The summed E-state index contributed by atoms with van der Waals surface area (Å²) in [5, 5.41) is 0. The lowest BCUT2D eigenvalue weighted by Gasteiger charge is -2.36. The van der Waals surface area contributed by atoms with Crippen LogP contribution in [0.1, 0.15) is 18.4 Å². The summed E-state index contributed by atoms with van der Waals surface area (Å²) in [6, 6.07) is 6.13. The first-order chi connectivity index (χ1) is 9.11. The molecule has 1 aromatic carbocycles. The zero-order chi connectivity index (χ0) is 13.8. The molecule has 0 aliphatic carbocycles. The number of piperidine rings is 1. The molecule has 106 valence electrons. The third-order valence-corrected chi connectivity index (χ3v) is 3.98. The van der Waals surface area contributed by atoms with Crippen LogP contribution in [0.25, 0.3) is 0 Å². The van der Waals surface area contributed by atoms with E-state index >= 15 is 0 Å². The summed E-state index contributed by atoms with van der Waals surface area (Å²) in [4.78, 5) is 4.42. The maximum absolute atomic E-state index is 14.1. The van der Waals surface area contributed by atoms with E-state index in [1.807, 2.05) is 12.1 Å². The van der Waals surface area contributed by atoms with Crippen molar-refractivity contribution in [3.63, 3.8) is 0 Å². The van der Waals surface area contributed by atoms with E-state index in [2.05, 4.69) is 23.9 Å². The molecule has 0 atom stereocenters. The molecule has 1 fully saturated rings. The van der Waals surface area contributed by atoms with Crippen molar-refractivity contribution in [2.45, 2.75) is 25.3 Å². The third-order valence-electron chi connectivity index (χ3n) is 3.98. The molecule has 0 amide bonds. The Hall–Kier alpha value is -1.13. The van der Waals surface area contributed by atoms with Gasteiger partial charge in [-0.25, -0.2) is 4.39 Å². The molecule has 1 saturated heterocycles. The van der Waals surface area contributed by atoms with E-state index in [0.29, 0.717) is 12.6 Å². The Morgan fingerprint density at radius 1 is 1.32 bits per heavy atom. The summed E-state index contributed by atoms with van der Waals surface area (Å²) in [6.45, 7) is 2.42. The van der Waals surface area contributed by atoms with Gasteiger partial charge < -0.3 is 15.5 Å². The Morgan fingerprint density at radius 3 is 2.53 bits per heavy atom. The number of hydrogen-bond donors (Lipinski definition) is 1. The summed E-state index contributed by atoms with van der Waals surface area (Å²) in [5.41, 5.74) is 7.21. The second-order valence-electron chi connectivity index (χ2n) is 5.51. The first-order valence-electron chi connectivity index (χ1n) is 7.01. The van der Waals surface area contributed by atoms with E-state index < -0.39 is 0 Å².